The number of hydrogen-bond donors (Lipinski definition) is 0. The lowest BCUT2D eigenvalue weighted by Gasteiger charge is -1.94. The van der Waals surface area contributed by atoms with Gasteiger partial charge in [0, 0.05) is 23.5 Å². The molecule has 3 rings (SSSR count). The molecule has 1 aromatic carbocycles. The van der Waals surface area contributed by atoms with E-state index in [2.05, 4.69) is 26.0 Å². The normalized spacial score (nSPS) is 10.1. The molecule has 0 fully saturated rings. The van der Waals surface area contributed by atoms with Gasteiger partial charge in [0.1, 0.15) is 5.69 Å². The Hall–Kier alpha value is -3.00. The van der Waals surface area contributed by atoms with Gasteiger partial charge in [-0.1, -0.05) is 17.1 Å². The molecule has 5 nitrogen and oxygen atoms in total. The third-order valence-electron chi connectivity index (χ3n) is 2.49. The van der Waals surface area contributed by atoms with Crippen molar-refractivity contribution in [1.29, 1.82) is 0 Å². The molecule has 0 atom stereocenters. The lowest BCUT2D eigenvalue weighted by Crippen LogP contribution is -1.86. The third-order valence-corrected chi connectivity index (χ3v) is 2.49. The summed E-state index contributed by atoms with van der Waals surface area (Å²) < 4.78 is 5.21. The first-order chi connectivity index (χ1) is 9.36. The third kappa shape index (κ3) is 2.19. The molecule has 19 heavy (non-hydrogen) atoms. The number of nitrogens with zero attached hydrogens (tertiary/aromatic N) is 4. The molecule has 5 heteroatoms. The van der Waals surface area contributed by atoms with Crippen molar-refractivity contribution in [2.75, 3.05) is 0 Å². The van der Waals surface area contributed by atoms with Gasteiger partial charge in [0.2, 0.25) is 5.82 Å². The molecule has 0 aliphatic heterocycles. The van der Waals surface area contributed by atoms with Crippen molar-refractivity contribution >= 4 is 0 Å². The Morgan fingerprint density at radius 3 is 2.95 bits per heavy atom. The second-order valence-corrected chi connectivity index (χ2v) is 3.74. The molecule has 2 heterocycles. The van der Waals surface area contributed by atoms with Crippen LogP contribution in [0.1, 0.15) is 5.56 Å². The predicted molar refractivity (Wildman–Crippen MR) is 68.7 cm³/mol. The highest BCUT2D eigenvalue weighted by Crippen LogP contribution is 2.21. The fraction of sp³-hybridized carbons (Fsp3) is 0. The minimum Gasteiger partial charge on any atom is -0.334 e. The Morgan fingerprint density at radius 2 is 2.16 bits per heavy atom. The molecule has 0 saturated carbocycles. The molecule has 90 valence electrons. The largest absolute Gasteiger partial charge is 0.334 e. The van der Waals surface area contributed by atoms with Gasteiger partial charge in [-0.25, -0.2) is 4.98 Å². The highest BCUT2D eigenvalue weighted by atomic mass is 16.5. The van der Waals surface area contributed by atoms with Crippen LogP contribution in [0, 0.1) is 12.3 Å². The van der Waals surface area contributed by atoms with Crippen LogP contribution >= 0.6 is 0 Å². The topological polar surface area (TPSA) is 64.7 Å². The summed E-state index contributed by atoms with van der Waals surface area (Å²) >= 11 is 0. The molecule has 2 aromatic heterocycles. The van der Waals surface area contributed by atoms with Crippen molar-refractivity contribution in [2.24, 2.45) is 0 Å². The van der Waals surface area contributed by atoms with Crippen LogP contribution in [0.3, 0.4) is 0 Å². The fourth-order valence-electron chi connectivity index (χ4n) is 1.60. The lowest BCUT2D eigenvalue weighted by molar-refractivity contribution is 0.432. The summed E-state index contributed by atoms with van der Waals surface area (Å²) in [5, 5.41) is 3.88. The highest BCUT2D eigenvalue weighted by molar-refractivity contribution is 5.59. The van der Waals surface area contributed by atoms with Crippen molar-refractivity contribution in [3.63, 3.8) is 0 Å². The molecular weight excluding hydrogens is 240 g/mol. The van der Waals surface area contributed by atoms with E-state index in [1.807, 2.05) is 24.3 Å². The summed E-state index contributed by atoms with van der Waals surface area (Å²) in [5.41, 5.74) is 2.10. The Balaban J connectivity index is 2.00. The van der Waals surface area contributed by atoms with Crippen molar-refractivity contribution in [3.8, 4) is 35.3 Å². The molecule has 3 aromatic rings. The van der Waals surface area contributed by atoms with E-state index in [0.717, 1.165) is 11.1 Å². The molecule has 0 amide bonds. The van der Waals surface area contributed by atoms with Crippen LogP contribution in [-0.4, -0.2) is 20.1 Å². The van der Waals surface area contributed by atoms with E-state index in [1.165, 1.54) is 0 Å². The van der Waals surface area contributed by atoms with Gasteiger partial charge < -0.3 is 4.52 Å². The number of aromatic nitrogens is 4. The van der Waals surface area contributed by atoms with Crippen LogP contribution in [0.2, 0.25) is 0 Å². The van der Waals surface area contributed by atoms with E-state index >= 15 is 0 Å². The molecule has 0 spiro atoms. The maximum absolute atomic E-state index is 5.36. The van der Waals surface area contributed by atoms with Crippen molar-refractivity contribution in [1.82, 2.24) is 20.1 Å². The first-order valence-electron chi connectivity index (χ1n) is 5.54. The van der Waals surface area contributed by atoms with Crippen LogP contribution in [-0.2, 0) is 0 Å². The van der Waals surface area contributed by atoms with E-state index in [4.69, 9.17) is 10.9 Å². The van der Waals surface area contributed by atoms with Crippen molar-refractivity contribution in [3.05, 3.63) is 48.4 Å². The van der Waals surface area contributed by atoms with Crippen molar-refractivity contribution in [2.45, 2.75) is 0 Å². The van der Waals surface area contributed by atoms with Crippen molar-refractivity contribution < 1.29 is 4.52 Å². The zero-order valence-electron chi connectivity index (χ0n) is 9.82. The second-order valence-electron chi connectivity index (χ2n) is 3.74. The van der Waals surface area contributed by atoms with Gasteiger partial charge >= 0.3 is 0 Å². The average molecular weight is 248 g/mol. The molecule has 0 unspecified atom stereocenters. The highest BCUT2D eigenvalue weighted by Gasteiger charge is 2.11. The molecule has 0 bridgehead atoms. The van der Waals surface area contributed by atoms with Crippen LogP contribution < -0.4 is 0 Å². The van der Waals surface area contributed by atoms with E-state index in [9.17, 15) is 0 Å². The Kier molecular flexibility index (Phi) is 2.75. The Labute approximate surface area is 109 Å². The molecule has 0 aliphatic carbocycles. The first kappa shape index (κ1) is 11.1. The quantitative estimate of drug-likeness (QED) is 0.650. The zero-order valence-corrected chi connectivity index (χ0v) is 9.82. The Morgan fingerprint density at radius 1 is 1.21 bits per heavy atom. The van der Waals surface area contributed by atoms with Crippen LogP contribution in [0.15, 0.2) is 47.4 Å². The smallest absolute Gasteiger partial charge is 0.258 e. The van der Waals surface area contributed by atoms with E-state index < -0.39 is 0 Å². The standard InChI is InChI=1S/C14H8N4O/c1-2-10-4-3-5-11(8-10)14-17-13(18-19-14)12-9-15-6-7-16-12/h1,3-9H. The first-order valence-corrected chi connectivity index (χ1v) is 5.54. The number of rotatable bonds is 2. The second kappa shape index (κ2) is 4.70. The zero-order chi connectivity index (χ0) is 13.1. The molecule has 0 saturated heterocycles. The summed E-state index contributed by atoms with van der Waals surface area (Å²) in [5.74, 6) is 3.36. The van der Waals surface area contributed by atoms with E-state index in [0.29, 0.717) is 17.4 Å². The monoisotopic (exact) mass is 248 g/mol. The van der Waals surface area contributed by atoms with Crippen LogP contribution in [0.25, 0.3) is 23.0 Å². The van der Waals surface area contributed by atoms with Gasteiger partial charge in [-0.2, -0.15) is 4.98 Å². The van der Waals surface area contributed by atoms with Crippen LogP contribution in [0.4, 0.5) is 0 Å². The number of hydrogen-bond acceptors (Lipinski definition) is 5. The summed E-state index contributed by atoms with van der Waals surface area (Å²) in [6.07, 6.45) is 10.1. The summed E-state index contributed by atoms with van der Waals surface area (Å²) in [6, 6.07) is 7.35. The Bertz CT molecular complexity index is 743. The van der Waals surface area contributed by atoms with Gasteiger partial charge in [0.15, 0.2) is 0 Å². The number of terminal acetylenes is 1. The van der Waals surface area contributed by atoms with Gasteiger partial charge in [0.05, 0.1) is 6.20 Å². The summed E-state index contributed by atoms with van der Waals surface area (Å²) in [7, 11) is 0. The minimum atomic E-state index is 0.397. The summed E-state index contributed by atoms with van der Waals surface area (Å²) in [4.78, 5) is 12.3. The predicted octanol–water partition coefficient (Wildman–Crippen LogP) is 2.17. The molecular formula is C14H8N4O. The van der Waals surface area contributed by atoms with E-state index in [-0.39, 0.29) is 0 Å². The fourth-order valence-corrected chi connectivity index (χ4v) is 1.60. The number of benzene rings is 1. The van der Waals surface area contributed by atoms with Gasteiger partial charge in [-0.3, -0.25) is 4.98 Å². The summed E-state index contributed by atoms with van der Waals surface area (Å²) in [6.45, 7) is 0. The molecule has 0 N–H and O–H groups in total. The maximum atomic E-state index is 5.36. The minimum absolute atomic E-state index is 0.397. The van der Waals surface area contributed by atoms with Gasteiger partial charge in [-0.05, 0) is 18.2 Å². The SMILES string of the molecule is C#Cc1cccc(-c2nc(-c3cnccn3)no2)c1. The molecule has 0 aliphatic rings. The van der Waals surface area contributed by atoms with Crippen LogP contribution in [0.5, 0.6) is 0 Å². The van der Waals surface area contributed by atoms with Gasteiger partial charge in [0.25, 0.3) is 5.89 Å². The maximum Gasteiger partial charge on any atom is 0.258 e. The van der Waals surface area contributed by atoms with Gasteiger partial charge in [-0.15, -0.1) is 6.42 Å². The average Bonchev–Trinajstić information content (AvgIpc) is 2.98. The van der Waals surface area contributed by atoms with E-state index in [1.54, 1.807) is 18.6 Å². The lowest BCUT2D eigenvalue weighted by atomic mass is 10.1. The molecule has 0 radical (unpaired) electrons.